The zero-order chi connectivity index (χ0) is 14.1. The highest BCUT2D eigenvalue weighted by Gasteiger charge is 2.12. The number of hydrogen-bond acceptors (Lipinski definition) is 5. The molecule has 100 valence electrons. The van der Waals surface area contributed by atoms with Crippen LogP contribution in [0.5, 0.6) is 0 Å². The van der Waals surface area contributed by atoms with E-state index in [2.05, 4.69) is 25.4 Å². The normalized spacial score (nSPS) is 10.7. The van der Waals surface area contributed by atoms with Crippen LogP contribution in [0.2, 0.25) is 0 Å². The van der Waals surface area contributed by atoms with Crippen molar-refractivity contribution in [2.45, 2.75) is 6.92 Å². The molecule has 0 aliphatic heterocycles. The summed E-state index contributed by atoms with van der Waals surface area (Å²) in [5.74, 6) is -0.380. The lowest BCUT2D eigenvalue weighted by Crippen LogP contribution is -2.18. The van der Waals surface area contributed by atoms with E-state index in [0.717, 1.165) is 0 Å². The Labute approximate surface area is 112 Å². The molecule has 8 heteroatoms. The van der Waals surface area contributed by atoms with Crippen molar-refractivity contribution < 1.29 is 4.79 Å². The first kappa shape index (κ1) is 12.0. The van der Waals surface area contributed by atoms with Gasteiger partial charge in [0.05, 0.1) is 0 Å². The summed E-state index contributed by atoms with van der Waals surface area (Å²) < 4.78 is 1.49. The molecule has 3 aromatic rings. The number of H-pyrrole nitrogens is 1. The van der Waals surface area contributed by atoms with Gasteiger partial charge in [0.15, 0.2) is 11.3 Å². The van der Waals surface area contributed by atoms with Crippen LogP contribution in [0.1, 0.15) is 16.2 Å². The molecule has 0 aliphatic rings. The molecule has 0 saturated heterocycles. The van der Waals surface area contributed by atoms with Crippen molar-refractivity contribution in [1.82, 2.24) is 24.6 Å². The summed E-state index contributed by atoms with van der Waals surface area (Å²) in [6.07, 6.45) is 3.30. The third-order valence-corrected chi connectivity index (χ3v) is 2.57. The van der Waals surface area contributed by atoms with E-state index in [1.807, 2.05) is 0 Å². The van der Waals surface area contributed by atoms with Crippen molar-refractivity contribution in [3.05, 3.63) is 52.3 Å². The lowest BCUT2D eigenvalue weighted by atomic mass is 10.4. The number of aromatic nitrogens is 5. The van der Waals surface area contributed by atoms with Gasteiger partial charge < -0.3 is 0 Å². The molecular weight excluding hydrogens is 260 g/mol. The van der Waals surface area contributed by atoms with Gasteiger partial charge in [0.2, 0.25) is 5.95 Å². The average Bonchev–Trinajstić information content (AvgIpc) is 2.81. The van der Waals surface area contributed by atoms with Gasteiger partial charge in [-0.15, -0.1) is 0 Å². The predicted octanol–water partition coefficient (Wildman–Crippen LogP) is 0.373. The summed E-state index contributed by atoms with van der Waals surface area (Å²) in [7, 11) is 0. The highest BCUT2D eigenvalue weighted by molar-refractivity contribution is 6.02. The SMILES string of the molecule is Cc1cc(=O)[nH]c(NC(=O)c2cc3ncccn3n2)n1. The zero-order valence-electron chi connectivity index (χ0n) is 10.5. The van der Waals surface area contributed by atoms with Gasteiger partial charge in [0.1, 0.15) is 0 Å². The molecule has 0 aliphatic carbocycles. The molecule has 20 heavy (non-hydrogen) atoms. The molecule has 0 fully saturated rings. The monoisotopic (exact) mass is 270 g/mol. The van der Waals surface area contributed by atoms with E-state index in [4.69, 9.17) is 0 Å². The molecule has 0 saturated carbocycles. The maximum atomic E-state index is 12.0. The number of carbonyl (C=O) groups excluding carboxylic acids is 1. The van der Waals surface area contributed by atoms with Crippen LogP contribution < -0.4 is 10.9 Å². The lowest BCUT2D eigenvalue weighted by molar-refractivity contribution is 0.102. The fraction of sp³-hybridized carbons (Fsp3) is 0.0833. The van der Waals surface area contributed by atoms with Crippen molar-refractivity contribution in [1.29, 1.82) is 0 Å². The number of anilines is 1. The molecule has 3 heterocycles. The number of aromatic amines is 1. The van der Waals surface area contributed by atoms with Crippen LogP contribution in [0.3, 0.4) is 0 Å². The van der Waals surface area contributed by atoms with Gasteiger partial charge in [0, 0.05) is 30.2 Å². The van der Waals surface area contributed by atoms with Crippen LogP contribution in [-0.2, 0) is 0 Å². The van der Waals surface area contributed by atoms with Gasteiger partial charge in [-0.2, -0.15) is 5.10 Å². The van der Waals surface area contributed by atoms with Crippen LogP contribution in [0.15, 0.2) is 35.4 Å². The first-order valence-electron chi connectivity index (χ1n) is 5.81. The van der Waals surface area contributed by atoms with Gasteiger partial charge in [-0.3, -0.25) is 19.9 Å². The molecule has 3 rings (SSSR count). The molecule has 2 N–H and O–H groups in total. The van der Waals surface area contributed by atoms with Crippen molar-refractivity contribution in [3.63, 3.8) is 0 Å². The Bertz CT molecular complexity index is 817. The molecule has 0 spiro atoms. The number of nitrogens with one attached hydrogen (secondary N) is 2. The quantitative estimate of drug-likeness (QED) is 0.700. The lowest BCUT2D eigenvalue weighted by Gasteiger charge is -2.01. The van der Waals surface area contributed by atoms with E-state index >= 15 is 0 Å². The van der Waals surface area contributed by atoms with Gasteiger partial charge in [-0.25, -0.2) is 14.5 Å². The van der Waals surface area contributed by atoms with Crippen LogP contribution in [0.4, 0.5) is 5.95 Å². The Morgan fingerprint density at radius 2 is 2.25 bits per heavy atom. The number of fused-ring (bicyclic) bond motifs is 1. The van der Waals surface area contributed by atoms with Crippen LogP contribution in [0, 0.1) is 6.92 Å². The average molecular weight is 270 g/mol. The van der Waals surface area contributed by atoms with Gasteiger partial charge in [-0.1, -0.05) is 0 Å². The third kappa shape index (κ3) is 2.26. The molecule has 0 aromatic carbocycles. The Kier molecular flexibility index (Phi) is 2.75. The summed E-state index contributed by atoms with van der Waals surface area (Å²) in [6, 6.07) is 4.59. The summed E-state index contributed by atoms with van der Waals surface area (Å²) in [5, 5.41) is 6.57. The van der Waals surface area contributed by atoms with E-state index in [1.54, 1.807) is 31.5 Å². The number of nitrogens with zero attached hydrogens (tertiary/aromatic N) is 4. The number of aryl methyl sites for hydroxylation is 1. The van der Waals surface area contributed by atoms with Crippen molar-refractivity contribution >= 4 is 17.5 Å². The highest BCUT2D eigenvalue weighted by Crippen LogP contribution is 2.05. The van der Waals surface area contributed by atoms with Crippen LogP contribution >= 0.6 is 0 Å². The van der Waals surface area contributed by atoms with Crippen LogP contribution in [-0.4, -0.2) is 30.5 Å². The second-order valence-electron chi connectivity index (χ2n) is 4.14. The molecule has 0 bridgehead atoms. The van der Waals surface area contributed by atoms with E-state index in [9.17, 15) is 9.59 Å². The summed E-state index contributed by atoms with van der Waals surface area (Å²) >= 11 is 0. The number of hydrogen-bond donors (Lipinski definition) is 2. The van der Waals surface area contributed by atoms with E-state index in [-0.39, 0.29) is 17.2 Å². The first-order chi connectivity index (χ1) is 9.61. The van der Waals surface area contributed by atoms with E-state index in [0.29, 0.717) is 11.3 Å². The number of carbonyl (C=O) groups is 1. The fourth-order valence-corrected chi connectivity index (χ4v) is 1.75. The smallest absolute Gasteiger partial charge is 0.278 e. The molecule has 3 aromatic heterocycles. The van der Waals surface area contributed by atoms with Gasteiger partial charge in [-0.05, 0) is 13.0 Å². The molecule has 1 amide bonds. The Balaban J connectivity index is 1.90. The highest BCUT2D eigenvalue weighted by atomic mass is 16.2. The largest absolute Gasteiger partial charge is 0.292 e. The molecule has 0 unspecified atom stereocenters. The van der Waals surface area contributed by atoms with Crippen LogP contribution in [0.25, 0.3) is 5.65 Å². The molecule has 0 atom stereocenters. The van der Waals surface area contributed by atoms with Gasteiger partial charge >= 0.3 is 0 Å². The standard InChI is InChI=1S/C12H10N6O2/c1-7-5-10(19)15-12(14-7)16-11(20)8-6-9-13-3-2-4-18(9)17-8/h2-6H,1H3,(H2,14,15,16,19,20). The van der Waals surface area contributed by atoms with E-state index < -0.39 is 5.91 Å². The first-order valence-corrected chi connectivity index (χ1v) is 5.81. The van der Waals surface area contributed by atoms with Gasteiger partial charge in [0.25, 0.3) is 11.5 Å². The Hall–Kier alpha value is -3.03. The second-order valence-corrected chi connectivity index (χ2v) is 4.14. The topological polar surface area (TPSA) is 105 Å². The fourth-order valence-electron chi connectivity index (χ4n) is 1.75. The minimum atomic E-state index is -0.468. The third-order valence-electron chi connectivity index (χ3n) is 2.57. The zero-order valence-corrected chi connectivity index (χ0v) is 10.5. The number of amides is 1. The number of rotatable bonds is 2. The minimum absolute atomic E-state index is 0.0880. The molecular formula is C12H10N6O2. The van der Waals surface area contributed by atoms with Crippen molar-refractivity contribution in [2.24, 2.45) is 0 Å². The molecule has 8 nitrogen and oxygen atoms in total. The summed E-state index contributed by atoms with van der Waals surface area (Å²) in [5.41, 5.74) is 0.932. The van der Waals surface area contributed by atoms with Crippen molar-refractivity contribution in [3.8, 4) is 0 Å². The summed E-state index contributed by atoms with van der Waals surface area (Å²) in [6.45, 7) is 1.67. The predicted molar refractivity (Wildman–Crippen MR) is 70.5 cm³/mol. The maximum Gasteiger partial charge on any atom is 0.278 e. The minimum Gasteiger partial charge on any atom is -0.292 e. The Morgan fingerprint density at radius 3 is 3.00 bits per heavy atom. The van der Waals surface area contributed by atoms with Crippen molar-refractivity contribution in [2.75, 3.05) is 5.32 Å². The second kappa shape index (κ2) is 4.57. The molecule has 0 radical (unpaired) electrons. The summed E-state index contributed by atoms with van der Waals surface area (Å²) in [4.78, 5) is 33.8. The van der Waals surface area contributed by atoms with E-state index in [1.165, 1.54) is 10.6 Å². The maximum absolute atomic E-state index is 12.0. The Morgan fingerprint density at radius 1 is 1.40 bits per heavy atom.